The van der Waals surface area contributed by atoms with Crippen molar-refractivity contribution in [1.82, 2.24) is 5.32 Å². The van der Waals surface area contributed by atoms with Crippen LogP contribution in [0.25, 0.3) is 0 Å². The van der Waals surface area contributed by atoms with Crippen molar-refractivity contribution in [3.05, 3.63) is 12.2 Å². The van der Waals surface area contributed by atoms with Crippen LogP contribution in [0.5, 0.6) is 0 Å². The predicted molar refractivity (Wildman–Crippen MR) is 116 cm³/mol. The van der Waals surface area contributed by atoms with E-state index in [1.807, 2.05) is 0 Å². The Hall–Kier alpha value is -0.340. The van der Waals surface area contributed by atoms with Gasteiger partial charge in [0.2, 0.25) is 0 Å². The molecule has 5 rings (SSSR count). The molecule has 0 aromatic rings. The average Bonchev–Trinajstić information content (AvgIpc) is 3.30. The molecule has 1 saturated heterocycles. The Morgan fingerprint density at radius 3 is 2.50 bits per heavy atom. The van der Waals surface area contributed by atoms with Crippen molar-refractivity contribution in [3.63, 3.8) is 0 Å². The largest absolute Gasteiger partial charge is 0.389 e. The minimum atomic E-state index is -0.443. The van der Waals surface area contributed by atoms with Gasteiger partial charge in [0, 0.05) is 6.54 Å². The number of allylic oxidation sites excluding steroid dienone is 1. The summed E-state index contributed by atoms with van der Waals surface area (Å²) in [5.74, 6) is 4.53. The lowest BCUT2D eigenvalue weighted by Crippen LogP contribution is -2.64. The summed E-state index contributed by atoms with van der Waals surface area (Å²) in [6, 6.07) is 0. The lowest BCUT2D eigenvalue weighted by atomic mass is 9.41. The van der Waals surface area contributed by atoms with E-state index in [4.69, 9.17) is 0 Å². The van der Waals surface area contributed by atoms with Gasteiger partial charge in [-0.2, -0.15) is 0 Å². The standard InChI is InChI=1S/C26H43NO/c1-18-15-26(28)16-19(6-7-20-10-14-27-17-20)8-13-25(26,3)22-9-12-24(2)11-4-5-21(24)23(18)22/h6-7,18-23,27-28H,4-5,8-17H2,1-3H3/b7-6-/t18-,19-,20-,21+,22+,23+,24+,25-,26-/m1/s1. The zero-order valence-corrected chi connectivity index (χ0v) is 18.6. The number of fused-ring (bicyclic) bond motifs is 5. The second-order valence-electron chi connectivity index (χ2n) is 12.1. The van der Waals surface area contributed by atoms with Crippen molar-refractivity contribution >= 4 is 0 Å². The maximum absolute atomic E-state index is 12.1. The first-order valence-electron chi connectivity index (χ1n) is 12.5. The molecule has 0 aromatic heterocycles. The lowest BCUT2D eigenvalue weighted by molar-refractivity contribution is -0.224. The van der Waals surface area contributed by atoms with Gasteiger partial charge in [0.15, 0.2) is 0 Å². The summed E-state index contributed by atoms with van der Waals surface area (Å²) in [7, 11) is 0. The minimum absolute atomic E-state index is 0.146. The van der Waals surface area contributed by atoms with Crippen LogP contribution in [-0.2, 0) is 0 Å². The van der Waals surface area contributed by atoms with E-state index in [2.05, 4.69) is 38.2 Å². The molecule has 4 aliphatic carbocycles. The molecule has 0 bridgehead atoms. The number of hydrogen-bond donors (Lipinski definition) is 2. The molecule has 1 heterocycles. The highest BCUT2D eigenvalue weighted by molar-refractivity contribution is 5.16. The molecule has 0 amide bonds. The molecule has 5 aliphatic rings. The Balaban J connectivity index is 1.37. The first kappa shape index (κ1) is 19.6. The molecule has 158 valence electrons. The molecule has 0 unspecified atom stereocenters. The molecule has 28 heavy (non-hydrogen) atoms. The summed E-state index contributed by atoms with van der Waals surface area (Å²) >= 11 is 0. The van der Waals surface area contributed by atoms with E-state index in [1.54, 1.807) is 0 Å². The van der Waals surface area contributed by atoms with E-state index in [1.165, 1.54) is 57.9 Å². The molecule has 4 saturated carbocycles. The monoisotopic (exact) mass is 385 g/mol. The third kappa shape index (κ3) is 2.88. The fourth-order valence-corrected chi connectivity index (χ4v) is 9.04. The summed E-state index contributed by atoms with van der Waals surface area (Å²) in [5, 5.41) is 15.6. The van der Waals surface area contributed by atoms with Gasteiger partial charge < -0.3 is 10.4 Å². The first-order chi connectivity index (χ1) is 13.3. The molecule has 5 fully saturated rings. The zero-order chi connectivity index (χ0) is 19.6. The molecule has 2 nitrogen and oxygen atoms in total. The number of rotatable bonds is 2. The van der Waals surface area contributed by atoms with Crippen LogP contribution in [0.2, 0.25) is 0 Å². The van der Waals surface area contributed by atoms with Crippen LogP contribution >= 0.6 is 0 Å². The quantitative estimate of drug-likeness (QED) is 0.610. The number of hydrogen-bond acceptors (Lipinski definition) is 2. The lowest BCUT2D eigenvalue weighted by Gasteiger charge is -2.65. The van der Waals surface area contributed by atoms with Gasteiger partial charge in [-0.05, 0) is 111 Å². The van der Waals surface area contributed by atoms with E-state index < -0.39 is 5.60 Å². The summed E-state index contributed by atoms with van der Waals surface area (Å²) in [4.78, 5) is 0. The fourth-order valence-electron chi connectivity index (χ4n) is 9.04. The Morgan fingerprint density at radius 2 is 1.71 bits per heavy atom. The summed E-state index contributed by atoms with van der Waals surface area (Å²) in [5.41, 5.74) is 0.310. The molecule has 1 aliphatic heterocycles. The highest BCUT2D eigenvalue weighted by Crippen LogP contribution is 2.68. The van der Waals surface area contributed by atoms with Gasteiger partial charge >= 0.3 is 0 Å². The van der Waals surface area contributed by atoms with Crippen LogP contribution < -0.4 is 5.32 Å². The second kappa shape index (κ2) is 6.84. The molecule has 9 atom stereocenters. The van der Waals surface area contributed by atoms with E-state index in [-0.39, 0.29) is 5.41 Å². The summed E-state index contributed by atoms with van der Waals surface area (Å²) in [6.45, 7) is 9.89. The van der Waals surface area contributed by atoms with E-state index in [0.29, 0.717) is 17.3 Å². The van der Waals surface area contributed by atoms with Crippen molar-refractivity contribution in [1.29, 1.82) is 0 Å². The SMILES string of the molecule is C[C@@H]1C[C@@]2(O)C[C@H](/C=C\[C@@H]3CCNC3)CC[C@]2(C)[C@H]2CC[C@]3(C)CCC[C@H]3[C@H]12. The Kier molecular flexibility index (Phi) is 4.79. The van der Waals surface area contributed by atoms with E-state index >= 15 is 0 Å². The molecule has 0 radical (unpaired) electrons. The van der Waals surface area contributed by atoms with E-state index in [0.717, 1.165) is 43.1 Å². The number of nitrogens with one attached hydrogen (secondary N) is 1. The van der Waals surface area contributed by atoms with Crippen molar-refractivity contribution in [2.24, 2.45) is 46.3 Å². The van der Waals surface area contributed by atoms with Crippen molar-refractivity contribution in [2.45, 2.75) is 90.6 Å². The minimum Gasteiger partial charge on any atom is -0.389 e. The highest BCUT2D eigenvalue weighted by Gasteiger charge is 2.64. The Labute approximate surface area is 172 Å². The van der Waals surface area contributed by atoms with Crippen LogP contribution in [0.1, 0.15) is 85.0 Å². The Morgan fingerprint density at radius 1 is 0.893 bits per heavy atom. The van der Waals surface area contributed by atoms with Crippen molar-refractivity contribution < 1.29 is 5.11 Å². The summed E-state index contributed by atoms with van der Waals surface area (Å²) < 4.78 is 0. The third-order valence-corrected chi connectivity index (χ3v) is 10.7. The molecular weight excluding hydrogens is 342 g/mol. The highest BCUT2D eigenvalue weighted by atomic mass is 16.3. The van der Waals surface area contributed by atoms with Crippen molar-refractivity contribution in [2.75, 3.05) is 13.1 Å². The van der Waals surface area contributed by atoms with Gasteiger partial charge in [0.05, 0.1) is 5.60 Å². The van der Waals surface area contributed by atoms with Gasteiger partial charge in [0.25, 0.3) is 0 Å². The average molecular weight is 386 g/mol. The second-order valence-corrected chi connectivity index (χ2v) is 12.1. The van der Waals surface area contributed by atoms with Crippen LogP contribution in [0.3, 0.4) is 0 Å². The van der Waals surface area contributed by atoms with Crippen LogP contribution in [-0.4, -0.2) is 23.8 Å². The van der Waals surface area contributed by atoms with Gasteiger partial charge in [-0.3, -0.25) is 0 Å². The predicted octanol–water partition coefficient (Wildman–Crippen LogP) is 5.56. The maximum Gasteiger partial charge on any atom is 0.0712 e. The van der Waals surface area contributed by atoms with E-state index in [9.17, 15) is 5.11 Å². The van der Waals surface area contributed by atoms with Crippen LogP contribution in [0.15, 0.2) is 12.2 Å². The number of aliphatic hydroxyl groups is 1. The fraction of sp³-hybridized carbons (Fsp3) is 0.923. The van der Waals surface area contributed by atoms with Crippen LogP contribution in [0, 0.1) is 46.3 Å². The first-order valence-corrected chi connectivity index (χ1v) is 12.5. The molecule has 2 N–H and O–H groups in total. The molecule has 0 spiro atoms. The molecule has 2 heteroatoms. The van der Waals surface area contributed by atoms with Gasteiger partial charge in [0.1, 0.15) is 0 Å². The van der Waals surface area contributed by atoms with Gasteiger partial charge in [-0.15, -0.1) is 0 Å². The zero-order valence-electron chi connectivity index (χ0n) is 18.6. The van der Waals surface area contributed by atoms with Gasteiger partial charge in [-0.1, -0.05) is 39.3 Å². The van der Waals surface area contributed by atoms with Crippen LogP contribution in [0.4, 0.5) is 0 Å². The van der Waals surface area contributed by atoms with Crippen molar-refractivity contribution in [3.8, 4) is 0 Å². The molecular formula is C26H43NO. The smallest absolute Gasteiger partial charge is 0.0712 e. The normalized spacial score (nSPS) is 56.4. The summed E-state index contributed by atoms with van der Waals surface area (Å²) in [6.07, 6.45) is 18.0. The topological polar surface area (TPSA) is 32.3 Å². The van der Waals surface area contributed by atoms with Gasteiger partial charge in [-0.25, -0.2) is 0 Å². The Bertz CT molecular complexity index is 624. The maximum atomic E-state index is 12.1. The molecule has 0 aromatic carbocycles. The third-order valence-electron chi connectivity index (χ3n) is 10.7.